The summed E-state index contributed by atoms with van der Waals surface area (Å²) in [6.45, 7) is 6.02. The molecule has 2 rings (SSSR count). The van der Waals surface area contributed by atoms with Gasteiger partial charge >= 0.3 is 0 Å². The second-order valence-electron chi connectivity index (χ2n) is 4.25. The quantitative estimate of drug-likeness (QED) is 0.633. The number of thiophene rings is 1. The normalized spacial score (nSPS) is 16.6. The van der Waals surface area contributed by atoms with Gasteiger partial charge in [0.25, 0.3) is 11.6 Å². The number of nitro groups is 1. The second-order valence-corrected chi connectivity index (χ2v) is 5.91. The Morgan fingerprint density at radius 1 is 1.47 bits per heavy atom. The monoisotopic (exact) mass is 303 g/mol. The van der Waals surface area contributed by atoms with Crippen molar-refractivity contribution in [2.24, 2.45) is 0 Å². The summed E-state index contributed by atoms with van der Waals surface area (Å²) < 4.78 is 0.0561. The summed E-state index contributed by atoms with van der Waals surface area (Å²) in [4.78, 5) is 26.7. The molecular weight excluding hydrogens is 290 g/mol. The third-order valence-corrected chi connectivity index (χ3v) is 4.51. The summed E-state index contributed by atoms with van der Waals surface area (Å²) in [7, 11) is 0. The van der Waals surface area contributed by atoms with Gasteiger partial charge in [-0.05, 0) is 6.54 Å². The van der Waals surface area contributed by atoms with Gasteiger partial charge in [-0.25, -0.2) is 0 Å². The zero-order valence-corrected chi connectivity index (χ0v) is 12.0. The number of halogens is 1. The van der Waals surface area contributed by atoms with Crippen LogP contribution in [0.4, 0.5) is 5.69 Å². The van der Waals surface area contributed by atoms with Gasteiger partial charge in [0.2, 0.25) is 0 Å². The highest BCUT2D eigenvalue weighted by Crippen LogP contribution is 2.34. The van der Waals surface area contributed by atoms with Gasteiger partial charge in [-0.3, -0.25) is 14.9 Å². The van der Waals surface area contributed by atoms with E-state index in [1.54, 1.807) is 4.90 Å². The van der Waals surface area contributed by atoms with E-state index in [-0.39, 0.29) is 15.9 Å². The van der Waals surface area contributed by atoms with Gasteiger partial charge in [-0.15, -0.1) is 11.3 Å². The second kappa shape index (κ2) is 5.85. The Morgan fingerprint density at radius 2 is 2.11 bits per heavy atom. The van der Waals surface area contributed by atoms with Crippen LogP contribution in [0.25, 0.3) is 0 Å². The van der Waals surface area contributed by atoms with Crippen molar-refractivity contribution in [3.63, 3.8) is 0 Å². The fourth-order valence-electron chi connectivity index (χ4n) is 2.01. The minimum Gasteiger partial charge on any atom is -0.335 e. The van der Waals surface area contributed by atoms with Gasteiger partial charge in [0.1, 0.15) is 4.88 Å². The maximum absolute atomic E-state index is 12.2. The molecule has 6 nitrogen and oxygen atoms in total. The first-order chi connectivity index (χ1) is 9.02. The van der Waals surface area contributed by atoms with Crippen molar-refractivity contribution in [1.82, 2.24) is 9.80 Å². The molecule has 0 spiro atoms. The summed E-state index contributed by atoms with van der Waals surface area (Å²) in [5.41, 5.74) is -0.192. The number of hydrogen-bond donors (Lipinski definition) is 0. The van der Waals surface area contributed by atoms with Crippen LogP contribution in [0.3, 0.4) is 0 Å². The fraction of sp³-hybridized carbons (Fsp3) is 0.545. The molecule has 104 valence electrons. The van der Waals surface area contributed by atoms with E-state index < -0.39 is 4.92 Å². The average molecular weight is 304 g/mol. The Kier molecular flexibility index (Phi) is 4.38. The predicted molar refractivity (Wildman–Crippen MR) is 74.0 cm³/mol. The number of carbonyl (C=O) groups is 1. The lowest BCUT2D eigenvalue weighted by molar-refractivity contribution is -0.384. The lowest BCUT2D eigenvalue weighted by atomic mass is 10.3. The average Bonchev–Trinajstić information content (AvgIpc) is 2.80. The number of rotatable bonds is 3. The van der Waals surface area contributed by atoms with Crippen LogP contribution in [-0.4, -0.2) is 53.4 Å². The van der Waals surface area contributed by atoms with Gasteiger partial charge in [-0.1, -0.05) is 18.5 Å². The number of likely N-dealkylation sites (N-methyl/N-ethyl adjacent to an activating group) is 1. The van der Waals surface area contributed by atoms with Crippen LogP contribution >= 0.6 is 22.9 Å². The Hall–Kier alpha value is -1.18. The molecule has 0 atom stereocenters. The molecule has 1 aliphatic heterocycles. The summed E-state index contributed by atoms with van der Waals surface area (Å²) in [5.74, 6) is -0.171. The predicted octanol–water partition coefficient (Wildman–Crippen LogP) is 2.09. The molecule has 0 unspecified atom stereocenters. The highest BCUT2D eigenvalue weighted by atomic mass is 35.5. The number of piperazine rings is 1. The molecule has 0 bridgehead atoms. The first kappa shape index (κ1) is 14.2. The van der Waals surface area contributed by atoms with Crippen LogP contribution in [-0.2, 0) is 0 Å². The third kappa shape index (κ3) is 3.05. The lowest BCUT2D eigenvalue weighted by Gasteiger charge is -2.33. The van der Waals surface area contributed by atoms with Crippen LogP contribution in [0, 0.1) is 10.1 Å². The molecule has 0 saturated carbocycles. The molecule has 0 aromatic carbocycles. The van der Waals surface area contributed by atoms with Gasteiger partial charge in [0.15, 0.2) is 4.34 Å². The van der Waals surface area contributed by atoms with Gasteiger partial charge in [-0.2, -0.15) is 0 Å². The van der Waals surface area contributed by atoms with Crippen molar-refractivity contribution in [3.8, 4) is 0 Å². The number of amides is 1. The molecule has 8 heteroatoms. The van der Waals surface area contributed by atoms with E-state index in [1.807, 2.05) is 0 Å². The van der Waals surface area contributed by atoms with Crippen molar-refractivity contribution in [3.05, 3.63) is 25.4 Å². The SMILES string of the molecule is CCN1CCN(C(=O)c2cc([N+](=O)[O-])c(Cl)s2)CC1. The molecular formula is C11H14ClN3O3S. The molecule has 0 aliphatic carbocycles. The molecule has 2 heterocycles. The number of carbonyl (C=O) groups excluding carboxylic acids is 1. The van der Waals surface area contributed by atoms with Crippen molar-refractivity contribution in [2.45, 2.75) is 6.92 Å². The van der Waals surface area contributed by atoms with Crippen molar-refractivity contribution >= 4 is 34.5 Å². The Balaban J connectivity index is 2.08. The zero-order valence-electron chi connectivity index (χ0n) is 10.5. The molecule has 1 saturated heterocycles. The van der Waals surface area contributed by atoms with Crippen molar-refractivity contribution in [2.75, 3.05) is 32.7 Å². The maximum Gasteiger partial charge on any atom is 0.299 e. The van der Waals surface area contributed by atoms with Crippen molar-refractivity contribution < 1.29 is 9.72 Å². The molecule has 0 N–H and O–H groups in total. The first-order valence-electron chi connectivity index (χ1n) is 5.98. The minimum atomic E-state index is -0.565. The summed E-state index contributed by atoms with van der Waals surface area (Å²) in [6.07, 6.45) is 0. The fourth-order valence-corrected chi connectivity index (χ4v) is 3.20. The van der Waals surface area contributed by atoms with E-state index in [9.17, 15) is 14.9 Å². The van der Waals surface area contributed by atoms with E-state index >= 15 is 0 Å². The van der Waals surface area contributed by atoms with E-state index in [0.717, 1.165) is 31.0 Å². The van der Waals surface area contributed by atoms with Crippen LogP contribution < -0.4 is 0 Å². The highest BCUT2D eigenvalue weighted by Gasteiger charge is 2.26. The summed E-state index contributed by atoms with van der Waals surface area (Å²) >= 11 is 6.74. The van der Waals surface area contributed by atoms with Crippen LogP contribution in [0.2, 0.25) is 4.34 Å². The molecule has 1 aliphatic rings. The molecule has 1 aromatic rings. The topological polar surface area (TPSA) is 66.7 Å². The zero-order chi connectivity index (χ0) is 14.0. The minimum absolute atomic E-state index is 0.0561. The van der Waals surface area contributed by atoms with Gasteiger partial charge in [0.05, 0.1) is 4.92 Å². The first-order valence-corrected chi connectivity index (χ1v) is 7.17. The maximum atomic E-state index is 12.2. The summed E-state index contributed by atoms with van der Waals surface area (Å²) in [5, 5.41) is 10.7. The molecule has 1 amide bonds. The molecule has 1 fully saturated rings. The van der Waals surface area contributed by atoms with Crippen LogP contribution in [0.1, 0.15) is 16.6 Å². The van der Waals surface area contributed by atoms with Gasteiger partial charge in [0, 0.05) is 32.2 Å². The van der Waals surface area contributed by atoms with E-state index in [2.05, 4.69) is 11.8 Å². The number of hydrogen-bond acceptors (Lipinski definition) is 5. The van der Waals surface area contributed by atoms with Crippen LogP contribution in [0.15, 0.2) is 6.07 Å². The Morgan fingerprint density at radius 3 is 2.58 bits per heavy atom. The highest BCUT2D eigenvalue weighted by molar-refractivity contribution is 7.18. The standard InChI is InChI=1S/C11H14ClN3O3S/c1-2-13-3-5-14(6-4-13)11(16)9-7-8(15(17)18)10(12)19-9/h7H,2-6H2,1H3. The van der Waals surface area contributed by atoms with Crippen LogP contribution in [0.5, 0.6) is 0 Å². The third-order valence-electron chi connectivity index (χ3n) is 3.18. The Bertz CT molecular complexity index is 497. The van der Waals surface area contributed by atoms with E-state index in [1.165, 1.54) is 6.07 Å². The molecule has 0 radical (unpaired) electrons. The summed E-state index contributed by atoms with van der Waals surface area (Å²) in [6, 6.07) is 1.27. The van der Waals surface area contributed by atoms with E-state index in [0.29, 0.717) is 18.0 Å². The lowest BCUT2D eigenvalue weighted by Crippen LogP contribution is -2.48. The Labute approximate surface area is 119 Å². The molecule has 1 aromatic heterocycles. The van der Waals surface area contributed by atoms with Gasteiger partial charge < -0.3 is 9.80 Å². The largest absolute Gasteiger partial charge is 0.335 e. The number of nitrogens with zero attached hydrogens (tertiary/aromatic N) is 3. The smallest absolute Gasteiger partial charge is 0.299 e. The molecule has 19 heavy (non-hydrogen) atoms. The van der Waals surface area contributed by atoms with Crippen molar-refractivity contribution in [1.29, 1.82) is 0 Å². The van der Waals surface area contributed by atoms with E-state index in [4.69, 9.17) is 11.6 Å².